The number of allylic oxidation sites excluding steroid dienone is 4. The molecule has 0 spiro atoms. The van der Waals surface area contributed by atoms with Crippen molar-refractivity contribution in [2.45, 2.75) is 39.2 Å². The van der Waals surface area contributed by atoms with Crippen molar-refractivity contribution in [1.29, 1.82) is 0 Å². The lowest BCUT2D eigenvalue weighted by Gasteiger charge is -2.24. The molecule has 2 heteroatoms. The van der Waals surface area contributed by atoms with Gasteiger partial charge in [0.2, 0.25) is 0 Å². The second-order valence-electron chi connectivity index (χ2n) is 19.0. The van der Waals surface area contributed by atoms with Gasteiger partial charge < -0.3 is 0 Å². The van der Waals surface area contributed by atoms with Crippen molar-refractivity contribution in [1.82, 2.24) is 0 Å². The largest absolute Gasteiger partial charge is 0.258 e. The topological polar surface area (TPSA) is 24.7 Å². The van der Waals surface area contributed by atoms with Crippen molar-refractivity contribution in [3.63, 3.8) is 0 Å². The molecular formula is C72H58N2. The van der Waals surface area contributed by atoms with Crippen molar-refractivity contribution >= 4 is 17.1 Å². The van der Waals surface area contributed by atoms with Crippen LogP contribution in [-0.2, 0) is 0 Å². The van der Waals surface area contributed by atoms with Gasteiger partial charge in [0, 0.05) is 11.3 Å². The first kappa shape index (κ1) is 47.4. The summed E-state index contributed by atoms with van der Waals surface area (Å²) in [7, 11) is 0. The van der Waals surface area contributed by atoms with Gasteiger partial charge >= 0.3 is 0 Å². The number of rotatable bonds is 13. The fourth-order valence-electron chi connectivity index (χ4n) is 10.5. The number of hydrogen-bond donors (Lipinski definition) is 0. The predicted octanol–water partition coefficient (Wildman–Crippen LogP) is 19.5. The van der Waals surface area contributed by atoms with Gasteiger partial charge in [-0.25, -0.2) is 4.99 Å². The molecule has 10 aromatic rings. The van der Waals surface area contributed by atoms with E-state index in [1.165, 1.54) is 50.1 Å². The highest BCUT2D eigenvalue weighted by molar-refractivity contribution is 6.13. The molecule has 0 radical (unpaired) electrons. The summed E-state index contributed by atoms with van der Waals surface area (Å²) >= 11 is 0. The summed E-state index contributed by atoms with van der Waals surface area (Å²) in [6.45, 7) is 4.36. The maximum absolute atomic E-state index is 5.59. The SMILES string of the molecule is CCC(N=C(N=C(C)c1cc(-c2cc(-c3ccccc3)cc(-c3ccccc3)c2-c2ccccc2)cc(-c2ccc(-c3ccccc3)c(C3=CC=CCC3)c2-c2ccccc2)c1)c1ccccc1)c1ccccc1. The van der Waals surface area contributed by atoms with Gasteiger partial charge in [-0.05, 0) is 157 Å². The van der Waals surface area contributed by atoms with Gasteiger partial charge in [0.1, 0.15) is 0 Å². The number of amidine groups is 1. The van der Waals surface area contributed by atoms with E-state index in [1.54, 1.807) is 0 Å². The van der Waals surface area contributed by atoms with Crippen LogP contribution in [0.2, 0.25) is 0 Å². The van der Waals surface area contributed by atoms with Crippen LogP contribution in [0.1, 0.15) is 61.4 Å². The van der Waals surface area contributed by atoms with E-state index in [-0.39, 0.29) is 6.04 Å². The third-order valence-corrected chi connectivity index (χ3v) is 14.2. The Morgan fingerprint density at radius 3 is 1.41 bits per heavy atom. The molecule has 11 rings (SSSR count). The molecule has 0 aliphatic heterocycles. The van der Waals surface area contributed by atoms with Gasteiger partial charge in [-0.1, -0.05) is 250 Å². The molecule has 356 valence electrons. The molecular weight excluding hydrogens is 893 g/mol. The lowest BCUT2D eigenvalue weighted by molar-refractivity contribution is 0.700. The Hall–Kier alpha value is -8.98. The van der Waals surface area contributed by atoms with Crippen LogP contribution in [0.4, 0.5) is 0 Å². The average molecular weight is 951 g/mol. The molecule has 0 aromatic heterocycles. The molecule has 0 amide bonds. The quantitative estimate of drug-likeness (QED) is 0.0813. The Bertz CT molecular complexity index is 3650. The van der Waals surface area contributed by atoms with Crippen LogP contribution in [0.3, 0.4) is 0 Å². The summed E-state index contributed by atoms with van der Waals surface area (Å²) in [6.07, 6.45) is 9.63. The molecule has 1 unspecified atom stereocenters. The number of nitrogens with zero attached hydrogens (tertiary/aromatic N) is 2. The third kappa shape index (κ3) is 10.2. The first-order valence-corrected chi connectivity index (χ1v) is 26.0. The van der Waals surface area contributed by atoms with E-state index in [0.29, 0.717) is 5.84 Å². The zero-order valence-electron chi connectivity index (χ0n) is 42.1. The average Bonchev–Trinajstić information content (AvgIpc) is 3.49. The van der Waals surface area contributed by atoms with Crippen molar-refractivity contribution in [2.24, 2.45) is 9.98 Å². The fourth-order valence-corrected chi connectivity index (χ4v) is 10.5. The molecule has 0 N–H and O–H groups in total. The molecule has 74 heavy (non-hydrogen) atoms. The smallest absolute Gasteiger partial charge is 0.155 e. The summed E-state index contributed by atoms with van der Waals surface area (Å²) in [4.78, 5) is 11.1. The Labute approximate surface area is 437 Å². The van der Waals surface area contributed by atoms with Crippen LogP contribution < -0.4 is 0 Å². The summed E-state index contributed by atoms with van der Waals surface area (Å²) in [5, 5.41) is 0. The zero-order chi connectivity index (χ0) is 50.1. The van der Waals surface area contributed by atoms with Gasteiger partial charge in [0.15, 0.2) is 5.84 Å². The van der Waals surface area contributed by atoms with Crippen LogP contribution in [0.5, 0.6) is 0 Å². The van der Waals surface area contributed by atoms with E-state index in [1.807, 2.05) is 0 Å². The van der Waals surface area contributed by atoms with Gasteiger partial charge in [-0.2, -0.15) is 0 Å². The van der Waals surface area contributed by atoms with Crippen LogP contribution >= 0.6 is 0 Å². The standard InChI is InChI=1S/C72H58N2/c1-3-68(55-34-18-7-19-35-55)74-72(59-42-26-11-27-43-59)73-51(2)60-46-62(65-45-44-64(53-30-14-5-15-31-53)70(57-38-22-9-23-39-57)71(65)58-40-24-10-25-41-58)48-63(47-60)67-50-61(52-28-12-4-13-29-52)49-66(54-32-16-6-17-33-54)69(67)56-36-20-8-21-37-56/h4-22,24-38,40-50,68H,3,23,39H2,1-2H3. The van der Waals surface area contributed by atoms with E-state index in [4.69, 9.17) is 9.98 Å². The maximum atomic E-state index is 5.59. The van der Waals surface area contributed by atoms with Crippen LogP contribution in [0.25, 0.3) is 83.5 Å². The maximum Gasteiger partial charge on any atom is 0.155 e. The second kappa shape index (κ2) is 22.2. The number of hydrogen-bond acceptors (Lipinski definition) is 1. The molecule has 0 saturated carbocycles. The van der Waals surface area contributed by atoms with Crippen molar-refractivity contribution in [3.8, 4) is 77.9 Å². The lowest BCUT2D eigenvalue weighted by atomic mass is 9.79. The Balaban J connectivity index is 1.24. The molecule has 1 aliphatic carbocycles. The summed E-state index contributed by atoms with van der Waals surface area (Å²) in [6, 6.07) is 92.1. The highest BCUT2D eigenvalue weighted by Crippen LogP contribution is 2.48. The molecule has 1 aliphatic rings. The Morgan fingerprint density at radius 1 is 0.405 bits per heavy atom. The summed E-state index contributed by atoms with van der Waals surface area (Å²) in [5.74, 6) is 0.713. The van der Waals surface area contributed by atoms with Crippen LogP contribution in [0.15, 0.2) is 283 Å². The third-order valence-electron chi connectivity index (χ3n) is 14.2. The molecule has 0 saturated heterocycles. The monoisotopic (exact) mass is 950 g/mol. The van der Waals surface area contributed by atoms with Gasteiger partial charge in [-0.3, -0.25) is 4.99 Å². The van der Waals surface area contributed by atoms with E-state index >= 15 is 0 Å². The molecule has 0 bridgehead atoms. The van der Waals surface area contributed by atoms with Crippen molar-refractivity contribution < 1.29 is 0 Å². The molecule has 0 heterocycles. The zero-order valence-corrected chi connectivity index (χ0v) is 42.1. The minimum absolute atomic E-state index is 0.0608. The second-order valence-corrected chi connectivity index (χ2v) is 19.0. The van der Waals surface area contributed by atoms with E-state index in [0.717, 1.165) is 80.6 Å². The minimum atomic E-state index is -0.0608. The van der Waals surface area contributed by atoms with Crippen LogP contribution in [0, 0.1) is 0 Å². The fraction of sp³-hybridized carbons (Fsp3) is 0.0833. The van der Waals surface area contributed by atoms with Gasteiger partial charge in [0.05, 0.1) is 6.04 Å². The minimum Gasteiger partial charge on any atom is -0.258 e. The molecule has 1 atom stereocenters. The first-order valence-electron chi connectivity index (χ1n) is 26.0. The van der Waals surface area contributed by atoms with Gasteiger partial charge in [-0.15, -0.1) is 0 Å². The van der Waals surface area contributed by atoms with Gasteiger partial charge in [0.25, 0.3) is 0 Å². The van der Waals surface area contributed by atoms with E-state index in [2.05, 4.69) is 287 Å². The van der Waals surface area contributed by atoms with Crippen LogP contribution in [-0.4, -0.2) is 11.5 Å². The number of benzene rings is 10. The molecule has 0 fully saturated rings. The predicted molar refractivity (Wildman–Crippen MR) is 316 cm³/mol. The highest BCUT2D eigenvalue weighted by atomic mass is 14.9. The van der Waals surface area contributed by atoms with Crippen molar-refractivity contribution in [2.75, 3.05) is 0 Å². The summed E-state index contributed by atoms with van der Waals surface area (Å²) < 4.78 is 0. The Morgan fingerprint density at radius 2 is 0.865 bits per heavy atom. The normalized spacial score (nSPS) is 13.1. The number of aliphatic imine (C=N–C) groups is 2. The van der Waals surface area contributed by atoms with E-state index in [9.17, 15) is 0 Å². The molecule has 10 aromatic carbocycles. The lowest BCUT2D eigenvalue weighted by Crippen LogP contribution is -2.07. The Kier molecular flexibility index (Phi) is 14.2. The highest BCUT2D eigenvalue weighted by Gasteiger charge is 2.24. The first-order chi connectivity index (χ1) is 36.6. The molecule has 2 nitrogen and oxygen atoms in total. The summed E-state index contributed by atoms with van der Waals surface area (Å²) in [5.41, 5.74) is 23.0. The van der Waals surface area contributed by atoms with Crippen molar-refractivity contribution in [3.05, 3.63) is 295 Å². The van der Waals surface area contributed by atoms with E-state index < -0.39 is 0 Å².